The van der Waals surface area contributed by atoms with Gasteiger partial charge in [0, 0.05) is 0 Å². The Bertz CT molecular complexity index is 567. The zero-order valence-electron chi connectivity index (χ0n) is 11.7. The number of rotatable bonds is 2. The predicted molar refractivity (Wildman–Crippen MR) is 73.6 cm³/mol. The topological polar surface area (TPSA) is 33.4 Å². The van der Waals surface area contributed by atoms with E-state index in [-0.39, 0.29) is 18.4 Å². The largest absolute Gasteiger partial charge is 1.00 e. The first kappa shape index (κ1) is 16.0. The molecule has 1 aromatic carbocycles. The summed E-state index contributed by atoms with van der Waals surface area (Å²) in [5.74, 6) is 0.771. The molecule has 0 unspecified atom stereocenters. The van der Waals surface area contributed by atoms with Gasteiger partial charge in [0.15, 0.2) is 0 Å². The van der Waals surface area contributed by atoms with E-state index in [1.807, 2.05) is 43.3 Å². The first-order valence-electron chi connectivity index (χ1n) is 6.02. The lowest BCUT2D eigenvalue weighted by Gasteiger charge is -2.10. The van der Waals surface area contributed by atoms with Crippen LogP contribution in [0.1, 0.15) is 5.56 Å². The number of carbonyl (C=O) groups excluding carboxylic acids is 1. The molecule has 20 heavy (non-hydrogen) atoms. The van der Waals surface area contributed by atoms with Crippen molar-refractivity contribution in [1.82, 2.24) is 0 Å². The number of aromatic nitrogens is 1. The Morgan fingerprint density at radius 1 is 1.10 bits per heavy atom. The number of hydrogen-bond donors (Lipinski definition) is 0. The number of benzene rings is 1. The molecule has 5 heteroatoms. The molecule has 0 radical (unpaired) electrons. The summed E-state index contributed by atoms with van der Waals surface area (Å²) in [6.45, 7) is 1.99. The molecule has 0 bridgehead atoms. The van der Waals surface area contributed by atoms with Crippen LogP contribution in [0, 0.1) is 6.92 Å². The zero-order valence-corrected chi connectivity index (χ0v) is 12.5. The summed E-state index contributed by atoms with van der Waals surface area (Å²) in [4.78, 5) is 13.9. The van der Waals surface area contributed by atoms with E-state index >= 15 is 0 Å². The number of methoxy groups -OCH3 is 1. The summed E-state index contributed by atoms with van der Waals surface area (Å²) in [5.41, 5.74) is 1.94. The number of pyridine rings is 1. The summed E-state index contributed by atoms with van der Waals surface area (Å²) >= 11 is 0. The van der Waals surface area contributed by atoms with Gasteiger partial charge in [0.2, 0.25) is 0 Å². The van der Waals surface area contributed by atoms with Crippen LogP contribution in [0.2, 0.25) is 0 Å². The maximum absolute atomic E-state index is 12.3. The molecule has 0 fully saturated rings. The number of amides is 1. The molecule has 0 atom stereocenters. The molecular weight excluding hydrogens is 276 g/mol. The van der Waals surface area contributed by atoms with E-state index in [1.54, 1.807) is 36.0 Å². The highest BCUT2D eigenvalue weighted by Crippen LogP contribution is 2.17. The Morgan fingerprint density at radius 3 is 2.15 bits per heavy atom. The van der Waals surface area contributed by atoms with Gasteiger partial charge in [-0.3, -0.25) is 0 Å². The molecule has 0 saturated carbocycles. The number of aryl methyl sites for hydroxylation is 1. The Morgan fingerprint density at radius 2 is 1.65 bits per heavy atom. The number of anilines is 1. The number of carbonyl (C=O) groups is 1. The van der Waals surface area contributed by atoms with Crippen molar-refractivity contribution in [3.63, 3.8) is 0 Å². The SMILES string of the molecule is COc1ccc(N(C)C(=O)[n+]2ccc(C)cc2)cc1.[Cl-]. The second kappa shape index (κ2) is 6.91. The fourth-order valence-corrected chi connectivity index (χ4v) is 1.72. The van der Waals surface area contributed by atoms with Gasteiger partial charge in [0.1, 0.15) is 11.4 Å². The van der Waals surface area contributed by atoms with Crippen LogP contribution in [-0.2, 0) is 0 Å². The highest BCUT2D eigenvalue weighted by Gasteiger charge is 2.21. The second-order valence-electron chi connectivity index (χ2n) is 4.32. The van der Waals surface area contributed by atoms with Crippen LogP contribution in [0.5, 0.6) is 5.75 Å². The molecule has 0 N–H and O–H groups in total. The summed E-state index contributed by atoms with van der Waals surface area (Å²) < 4.78 is 6.65. The van der Waals surface area contributed by atoms with Gasteiger partial charge in [0.05, 0.1) is 26.6 Å². The van der Waals surface area contributed by atoms with E-state index in [0.29, 0.717) is 0 Å². The fraction of sp³-hybridized carbons (Fsp3) is 0.200. The lowest BCUT2D eigenvalue weighted by atomic mass is 10.3. The minimum Gasteiger partial charge on any atom is -1.00 e. The van der Waals surface area contributed by atoms with Gasteiger partial charge < -0.3 is 17.1 Å². The van der Waals surface area contributed by atoms with E-state index < -0.39 is 0 Å². The first-order valence-corrected chi connectivity index (χ1v) is 6.02. The standard InChI is InChI=1S/C15H17N2O2.ClH/c1-12-8-10-17(11-9-12)15(18)16(2)13-4-6-14(19-3)7-5-13;/h4-11H,1-3H3;1H/q+1;/p-1. The average Bonchev–Trinajstić information content (AvgIpc) is 2.46. The van der Waals surface area contributed by atoms with E-state index in [0.717, 1.165) is 17.0 Å². The molecular formula is C15H17ClN2O2. The van der Waals surface area contributed by atoms with E-state index in [9.17, 15) is 4.79 Å². The summed E-state index contributed by atoms with van der Waals surface area (Å²) in [6, 6.07) is 11.1. The normalized spacial score (nSPS) is 9.55. The molecule has 106 valence electrons. The van der Waals surface area contributed by atoms with Crippen LogP contribution in [0.3, 0.4) is 0 Å². The van der Waals surface area contributed by atoms with Crippen molar-refractivity contribution in [1.29, 1.82) is 0 Å². The molecule has 0 saturated heterocycles. The highest BCUT2D eigenvalue weighted by molar-refractivity contribution is 5.84. The van der Waals surface area contributed by atoms with Crippen molar-refractivity contribution < 1.29 is 26.5 Å². The Hall–Kier alpha value is -2.07. The van der Waals surface area contributed by atoms with Gasteiger partial charge >= 0.3 is 6.03 Å². The molecule has 1 amide bonds. The van der Waals surface area contributed by atoms with Gasteiger partial charge in [-0.15, -0.1) is 0 Å². The molecule has 0 aliphatic rings. The lowest BCUT2D eigenvalue weighted by Crippen LogP contribution is -3.00. The predicted octanol–water partition coefficient (Wildman–Crippen LogP) is -0.600. The second-order valence-corrected chi connectivity index (χ2v) is 4.32. The fourth-order valence-electron chi connectivity index (χ4n) is 1.72. The first-order chi connectivity index (χ1) is 9.11. The van der Waals surface area contributed by atoms with Gasteiger partial charge in [-0.25, -0.2) is 0 Å². The van der Waals surface area contributed by atoms with Crippen molar-refractivity contribution in [2.45, 2.75) is 6.92 Å². The van der Waals surface area contributed by atoms with Crippen LogP contribution < -0.4 is 26.6 Å². The third kappa shape index (κ3) is 3.48. The van der Waals surface area contributed by atoms with Crippen molar-refractivity contribution in [3.05, 3.63) is 54.4 Å². The minimum atomic E-state index is -0.106. The monoisotopic (exact) mass is 292 g/mol. The molecule has 2 rings (SSSR count). The Labute approximate surface area is 125 Å². The molecule has 1 aromatic heterocycles. The van der Waals surface area contributed by atoms with Gasteiger partial charge in [0.25, 0.3) is 0 Å². The molecule has 0 spiro atoms. The maximum atomic E-state index is 12.3. The molecule has 2 aromatic rings. The minimum absolute atomic E-state index is 0. The van der Waals surface area contributed by atoms with Crippen molar-refractivity contribution in [3.8, 4) is 5.75 Å². The summed E-state index contributed by atoms with van der Waals surface area (Å²) in [6.07, 6.45) is 3.52. The van der Waals surface area contributed by atoms with Crippen LogP contribution >= 0.6 is 0 Å². The van der Waals surface area contributed by atoms with E-state index in [4.69, 9.17) is 4.74 Å². The van der Waals surface area contributed by atoms with Crippen LogP contribution in [0.4, 0.5) is 10.5 Å². The summed E-state index contributed by atoms with van der Waals surface area (Å²) in [5, 5.41) is 0. The lowest BCUT2D eigenvalue weighted by molar-refractivity contribution is -0.569. The Kier molecular flexibility index (Phi) is 5.53. The smallest absolute Gasteiger partial charge is 0.502 e. The zero-order chi connectivity index (χ0) is 13.8. The summed E-state index contributed by atoms with van der Waals surface area (Å²) in [7, 11) is 3.36. The Balaban J connectivity index is 0.00000200. The average molecular weight is 293 g/mol. The number of hydrogen-bond acceptors (Lipinski definition) is 2. The number of nitrogens with zero attached hydrogens (tertiary/aromatic N) is 2. The van der Waals surface area contributed by atoms with E-state index in [1.165, 1.54) is 0 Å². The van der Waals surface area contributed by atoms with Crippen LogP contribution in [-0.4, -0.2) is 20.2 Å². The molecule has 0 aliphatic heterocycles. The molecule has 0 aliphatic carbocycles. The third-order valence-corrected chi connectivity index (χ3v) is 2.96. The number of halogens is 1. The number of ether oxygens (including phenoxy) is 1. The quantitative estimate of drug-likeness (QED) is 0.693. The van der Waals surface area contributed by atoms with Crippen molar-refractivity contribution in [2.75, 3.05) is 19.1 Å². The van der Waals surface area contributed by atoms with Crippen molar-refractivity contribution in [2.24, 2.45) is 0 Å². The van der Waals surface area contributed by atoms with Crippen LogP contribution in [0.15, 0.2) is 48.8 Å². The van der Waals surface area contributed by atoms with E-state index in [2.05, 4.69) is 0 Å². The van der Waals surface area contributed by atoms with Crippen molar-refractivity contribution >= 4 is 11.7 Å². The van der Waals surface area contributed by atoms with Gasteiger partial charge in [-0.05, 0) is 48.9 Å². The highest BCUT2D eigenvalue weighted by atomic mass is 35.5. The molecule has 4 nitrogen and oxygen atoms in total. The maximum Gasteiger partial charge on any atom is 0.502 e. The third-order valence-electron chi connectivity index (χ3n) is 2.96. The van der Waals surface area contributed by atoms with Gasteiger partial charge in [-0.2, -0.15) is 14.3 Å². The van der Waals surface area contributed by atoms with Crippen LogP contribution in [0.25, 0.3) is 0 Å². The molecule has 1 heterocycles. The van der Waals surface area contributed by atoms with Gasteiger partial charge in [-0.1, -0.05) is 0 Å².